The molecule has 1 atom stereocenters. The van der Waals surface area contributed by atoms with Crippen molar-refractivity contribution in [1.29, 1.82) is 0 Å². The van der Waals surface area contributed by atoms with Gasteiger partial charge in [-0.3, -0.25) is 19.2 Å². The molecule has 0 aliphatic carbocycles. The average molecular weight is 453 g/mol. The second-order valence-corrected chi connectivity index (χ2v) is 8.44. The average Bonchev–Trinajstić information content (AvgIpc) is 2.71. The van der Waals surface area contributed by atoms with Crippen LogP contribution in [0.15, 0.2) is 23.3 Å². The first-order valence-corrected chi connectivity index (χ1v) is 10.5. The second-order valence-electron chi connectivity index (χ2n) is 8.03. The number of carbonyl (C=O) groups excluding carboxylic acids is 3. The lowest BCUT2D eigenvalue weighted by Crippen LogP contribution is -2.40. The van der Waals surface area contributed by atoms with Crippen molar-refractivity contribution in [2.45, 2.75) is 65.1 Å². The minimum Gasteiger partial charge on any atom is -0.479 e. The number of benzene rings is 1. The van der Waals surface area contributed by atoms with Crippen LogP contribution in [-0.4, -0.2) is 41.7 Å². The Morgan fingerprint density at radius 1 is 1.29 bits per heavy atom. The van der Waals surface area contributed by atoms with Gasteiger partial charge in [0, 0.05) is 25.8 Å². The number of ether oxygens (including phenoxy) is 1. The third-order valence-corrected chi connectivity index (χ3v) is 4.52. The molecule has 9 nitrogen and oxygen atoms in total. The fourth-order valence-electron chi connectivity index (χ4n) is 2.61. The van der Waals surface area contributed by atoms with E-state index in [1.165, 1.54) is 0 Å². The molecule has 1 unspecified atom stereocenters. The molecule has 0 saturated heterocycles. The summed E-state index contributed by atoms with van der Waals surface area (Å²) in [6.07, 6.45) is 0.627. The van der Waals surface area contributed by atoms with E-state index in [4.69, 9.17) is 21.2 Å². The number of hydrogen-bond acceptors (Lipinski definition) is 6. The molecule has 0 fully saturated rings. The summed E-state index contributed by atoms with van der Waals surface area (Å²) in [6.45, 7) is 7.41. The second kappa shape index (κ2) is 11.1. The Hall–Kier alpha value is -2.65. The smallest absolute Gasteiger partial charge is 0.261 e. The van der Waals surface area contributed by atoms with E-state index in [1.807, 2.05) is 27.7 Å². The molecule has 170 valence electrons. The summed E-state index contributed by atoms with van der Waals surface area (Å²) >= 11 is 6.33. The third-order valence-electron chi connectivity index (χ3n) is 4.22. The van der Waals surface area contributed by atoms with Crippen molar-refractivity contribution in [2.75, 3.05) is 6.54 Å². The molecule has 1 aromatic carbocycles. The molecule has 10 heteroatoms. The number of carbonyl (C=O) groups is 3. The van der Waals surface area contributed by atoms with E-state index in [0.717, 1.165) is 11.3 Å². The molecular weight excluding hydrogens is 424 g/mol. The monoisotopic (exact) mass is 452 g/mol. The predicted molar refractivity (Wildman–Crippen MR) is 117 cm³/mol. The van der Waals surface area contributed by atoms with Crippen LogP contribution in [0.25, 0.3) is 0 Å². The van der Waals surface area contributed by atoms with Crippen molar-refractivity contribution in [3.63, 3.8) is 0 Å². The van der Waals surface area contributed by atoms with Crippen molar-refractivity contribution >= 4 is 35.0 Å². The van der Waals surface area contributed by atoms with Gasteiger partial charge in [0.1, 0.15) is 5.75 Å². The van der Waals surface area contributed by atoms with Gasteiger partial charge in [0.05, 0.1) is 16.3 Å². The molecule has 0 bridgehead atoms. The van der Waals surface area contributed by atoms with Gasteiger partial charge in [0.25, 0.3) is 5.91 Å². The highest BCUT2D eigenvalue weighted by Crippen LogP contribution is 2.28. The van der Waals surface area contributed by atoms with E-state index in [2.05, 4.69) is 21.3 Å². The molecule has 1 heterocycles. The fourth-order valence-corrected chi connectivity index (χ4v) is 2.83. The zero-order chi connectivity index (χ0) is 23.0. The maximum atomic E-state index is 12.4. The van der Waals surface area contributed by atoms with Crippen molar-refractivity contribution < 1.29 is 24.0 Å². The summed E-state index contributed by atoms with van der Waals surface area (Å²) in [5.41, 5.74) is 5.81. The van der Waals surface area contributed by atoms with Gasteiger partial charge in [-0.15, -0.1) is 0 Å². The number of rotatable bonds is 9. The number of hydrazone groups is 1. The van der Waals surface area contributed by atoms with Gasteiger partial charge in [-0.1, -0.05) is 18.5 Å². The Morgan fingerprint density at radius 2 is 2.03 bits per heavy atom. The molecule has 1 aliphatic rings. The molecule has 3 N–H and O–H groups in total. The highest BCUT2D eigenvalue weighted by Gasteiger charge is 2.21. The van der Waals surface area contributed by atoms with Crippen LogP contribution < -0.4 is 21.0 Å². The first-order chi connectivity index (χ1) is 14.6. The van der Waals surface area contributed by atoms with Crippen molar-refractivity contribution in [3.05, 3.63) is 28.8 Å². The van der Waals surface area contributed by atoms with Gasteiger partial charge in [-0.05, 0) is 51.0 Å². The van der Waals surface area contributed by atoms with Crippen molar-refractivity contribution in [2.24, 2.45) is 5.10 Å². The Kier molecular flexibility index (Phi) is 8.82. The molecule has 0 aromatic heterocycles. The van der Waals surface area contributed by atoms with Gasteiger partial charge in [0.2, 0.25) is 11.8 Å². The lowest BCUT2D eigenvalue weighted by atomic mass is 10.0. The number of hydroxylamine groups is 1. The quantitative estimate of drug-likeness (QED) is 0.497. The molecule has 31 heavy (non-hydrogen) atoms. The summed E-state index contributed by atoms with van der Waals surface area (Å²) in [4.78, 5) is 40.6. The zero-order valence-corrected chi connectivity index (χ0v) is 19.0. The summed E-state index contributed by atoms with van der Waals surface area (Å²) in [7, 11) is 0. The number of hydrogen-bond donors (Lipinski definition) is 3. The Labute approximate surface area is 186 Å². The molecule has 0 saturated carbocycles. The van der Waals surface area contributed by atoms with Crippen LogP contribution in [0.3, 0.4) is 0 Å². The Balaban J connectivity index is 1.88. The molecular formula is C21H29ClN4O5. The van der Waals surface area contributed by atoms with Crippen LogP contribution >= 0.6 is 11.6 Å². The van der Waals surface area contributed by atoms with Crippen molar-refractivity contribution in [3.8, 4) is 5.75 Å². The number of amides is 3. The lowest BCUT2D eigenvalue weighted by molar-refractivity contribution is -0.145. The first kappa shape index (κ1) is 24.6. The normalized spacial score (nSPS) is 14.9. The minimum absolute atomic E-state index is 0.0758. The van der Waals surface area contributed by atoms with Gasteiger partial charge in [-0.25, -0.2) is 10.9 Å². The van der Waals surface area contributed by atoms with E-state index < -0.39 is 11.7 Å². The van der Waals surface area contributed by atoms with Crippen LogP contribution in [0.1, 0.15) is 58.9 Å². The fraction of sp³-hybridized carbons (Fsp3) is 0.524. The SMILES string of the molecule is CCC(Oc1ccc(C2=NNC(=O)CC2)cc1Cl)C(=O)NCCC(=O)NOC(C)(C)C. The maximum Gasteiger partial charge on any atom is 0.261 e. The summed E-state index contributed by atoms with van der Waals surface area (Å²) < 4.78 is 5.79. The van der Waals surface area contributed by atoms with Crippen molar-refractivity contribution in [1.82, 2.24) is 16.2 Å². The van der Waals surface area contributed by atoms with E-state index in [-0.39, 0.29) is 30.7 Å². The van der Waals surface area contributed by atoms with Crippen LogP contribution in [0.4, 0.5) is 0 Å². The summed E-state index contributed by atoms with van der Waals surface area (Å²) in [6, 6.07) is 5.14. The third kappa shape index (κ3) is 8.18. The van der Waals surface area contributed by atoms with E-state index in [9.17, 15) is 14.4 Å². The lowest BCUT2D eigenvalue weighted by Gasteiger charge is -2.20. The van der Waals surface area contributed by atoms with Gasteiger partial charge < -0.3 is 10.1 Å². The van der Waals surface area contributed by atoms with Crippen LogP contribution in [-0.2, 0) is 19.2 Å². The number of nitrogens with zero attached hydrogens (tertiary/aromatic N) is 1. The zero-order valence-electron chi connectivity index (χ0n) is 18.2. The molecule has 0 spiro atoms. The molecule has 1 aliphatic heterocycles. The summed E-state index contributed by atoms with van der Waals surface area (Å²) in [5.74, 6) is -0.425. The standard InChI is InChI=1S/C21H29ClN4O5/c1-5-16(20(29)23-11-10-19(28)26-31-21(2,3)4)30-17-8-6-13(12-14(17)22)15-7-9-18(27)25-24-15/h6,8,12,16H,5,7,9-11H2,1-4H3,(H,23,29)(H,25,27)(H,26,28). The van der Waals surface area contributed by atoms with E-state index >= 15 is 0 Å². The van der Waals surface area contributed by atoms with E-state index in [0.29, 0.717) is 30.0 Å². The van der Waals surface area contributed by atoms with Crippen LogP contribution in [0.5, 0.6) is 5.75 Å². The molecule has 1 aromatic rings. The Bertz CT molecular complexity index is 851. The van der Waals surface area contributed by atoms with Crippen LogP contribution in [0.2, 0.25) is 5.02 Å². The number of nitrogens with one attached hydrogen (secondary N) is 3. The maximum absolute atomic E-state index is 12.4. The molecule has 0 radical (unpaired) electrons. The minimum atomic E-state index is -0.761. The first-order valence-electron chi connectivity index (χ1n) is 10.2. The molecule has 3 amide bonds. The topological polar surface area (TPSA) is 118 Å². The predicted octanol–water partition coefficient (Wildman–Crippen LogP) is 2.46. The highest BCUT2D eigenvalue weighted by atomic mass is 35.5. The highest BCUT2D eigenvalue weighted by molar-refractivity contribution is 6.32. The largest absolute Gasteiger partial charge is 0.479 e. The number of halogens is 1. The molecule has 2 rings (SSSR count). The van der Waals surface area contributed by atoms with Crippen LogP contribution in [0, 0.1) is 0 Å². The van der Waals surface area contributed by atoms with E-state index in [1.54, 1.807) is 18.2 Å². The summed E-state index contributed by atoms with van der Waals surface area (Å²) in [5, 5.41) is 7.06. The van der Waals surface area contributed by atoms with Gasteiger partial charge >= 0.3 is 0 Å². The Morgan fingerprint density at radius 3 is 2.61 bits per heavy atom. The van der Waals surface area contributed by atoms with Gasteiger partial charge in [0.15, 0.2) is 6.10 Å². The van der Waals surface area contributed by atoms with Gasteiger partial charge in [-0.2, -0.15) is 5.10 Å².